The van der Waals surface area contributed by atoms with E-state index in [1.165, 1.54) is 0 Å². The number of hydrogen-bond acceptors (Lipinski definition) is 3. The van der Waals surface area contributed by atoms with E-state index in [4.69, 9.17) is 4.74 Å². The standard InChI is InChI=1S/C11H17N3O2/c1-2-10-7-12-14(8-10)9-11(15)13-3-5-16-6-4-13/h7-8H,2-6,9H2,1H3. The SMILES string of the molecule is CCc1cnn(CC(=O)N2CCOCC2)c1. The molecular weight excluding hydrogens is 206 g/mol. The van der Waals surface area contributed by atoms with Crippen molar-refractivity contribution in [3.63, 3.8) is 0 Å². The first kappa shape index (κ1) is 11.1. The Hall–Kier alpha value is -1.36. The van der Waals surface area contributed by atoms with Crippen LogP contribution in [0.4, 0.5) is 0 Å². The van der Waals surface area contributed by atoms with Gasteiger partial charge in [0, 0.05) is 19.3 Å². The predicted octanol–water partition coefficient (Wildman–Crippen LogP) is 0.304. The highest BCUT2D eigenvalue weighted by atomic mass is 16.5. The van der Waals surface area contributed by atoms with E-state index in [-0.39, 0.29) is 5.91 Å². The van der Waals surface area contributed by atoms with Crippen molar-refractivity contribution in [2.45, 2.75) is 19.9 Å². The van der Waals surface area contributed by atoms with Gasteiger partial charge in [0.2, 0.25) is 5.91 Å². The van der Waals surface area contributed by atoms with Crippen molar-refractivity contribution in [1.82, 2.24) is 14.7 Å². The highest BCUT2D eigenvalue weighted by molar-refractivity contribution is 5.76. The summed E-state index contributed by atoms with van der Waals surface area (Å²) < 4.78 is 6.91. The van der Waals surface area contributed by atoms with Crippen molar-refractivity contribution < 1.29 is 9.53 Å². The highest BCUT2D eigenvalue weighted by Crippen LogP contribution is 2.02. The molecule has 0 spiro atoms. The molecule has 0 atom stereocenters. The number of aryl methyl sites for hydroxylation is 1. The lowest BCUT2D eigenvalue weighted by molar-refractivity contribution is -0.136. The van der Waals surface area contributed by atoms with Crippen molar-refractivity contribution in [3.05, 3.63) is 18.0 Å². The van der Waals surface area contributed by atoms with Gasteiger partial charge in [-0.3, -0.25) is 9.48 Å². The second-order valence-corrected chi connectivity index (χ2v) is 3.89. The van der Waals surface area contributed by atoms with Gasteiger partial charge in [0.15, 0.2) is 0 Å². The largest absolute Gasteiger partial charge is 0.378 e. The Bertz CT molecular complexity index is 356. The Morgan fingerprint density at radius 2 is 2.25 bits per heavy atom. The Morgan fingerprint density at radius 3 is 2.88 bits per heavy atom. The quantitative estimate of drug-likeness (QED) is 0.740. The van der Waals surface area contributed by atoms with E-state index in [9.17, 15) is 4.79 Å². The molecule has 2 rings (SSSR count). The second-order valence-electron chi connectivity index (χ2n) is 3.89. The molecule has 1 amide bonds. The molecular formula is C11H17N3O2. The van der Waals surface area contributed by atoms with Crippen molar-refractivity contribution in [3.8, 4) is 0 Å². The van der Waals surface area contributed by atoms with Gasteiger partial charge in [-0.2, -0.15) is 5.10 Å². The van der Waals surface area contributed by atoms with Crippen LogP contribution in [0.25, 0.3) is 0 Å². The number of nitrogens with zero attached hydrogens (tertiary/aromatic N) is 3. The van der Waals surface area contributed by atoms with Crippen molar-refractivity contribution in [2.75, 3.05) is 26.3 Å². The van der Waals surface area contributed by atoms with E-state index in [0.717, 1.165) is 12.0 Å². The van der Waals surface area contributed by atoms with E-state index in [2.05, 4.69) is 12.0 Å². The van der Waals surface area contributed by atoms with Gasteiger partial charge in [0.05, 0.1) is 19.4 Å². The minimum atomic E-state index is 0.119. The van der Waals surface area contributed by atoms with Crippen LogP contribution in [0.3, 0.4) is 0 Å². The van der Waals surface area contributed by atoms with Crippen LogP contribution < -0.4 is 0 Å². The van der Waals surface area contributed by atoms with E-state index < -0.39 is 0 Å². The predicted molar refractivity (Wildman–Crippen MR) is 59.0 cm³/mol. The molecule has 1 aromatic heterocycles. The summed E-state index contributed by atoms with van der Waals surface area (Å²) in [6, 6.07) is 0. The summed E-state index contributed by atoms with van der Waals surface area (Å²) in [4.78, 5) is 13.7. The van der Waals surface area contributed by atoms with Crippen LogP contribution in [0, 0.1) is 0 Å². The van der Waals surface area contributed by atoms with Crippen LogP contribution in [0.1, 0.15) is 12.5 Å². The van der Waals surface area contributed by atoms with Crippen LogP contribution in [0.2, 0.25) is 0 Å². The summed E-state index contributed by atoms with van der Waals surface area (Å²) in [5, 5.41) is 4.16. The van der Waals surface area contributed by atoms with E-state index in [0.29, 0.717) is 32.8 Å². The van der Waals surface area contributed by atoms with E-state index in [1.807, 2.05) is 17.3 Å². The third-order valence-electron chi connectivity index (χ3n) is 2.76. The molecule has 0 aliphatic carbocycles. The normalized spacial score (nSPS) is 16.4. The molecule has 0 radical (unpaired) electrons. The molecule has 1 saturated heterocycles. The molecule has 0 bridgehead atoms. The van der Waals surface area contributed by atoms with Crippen molar-refractivity contribution in [2.24, 2.45) is 0 Å². The number of ether oxygens (including phenoxy) is 1. The summed E-state index contributed by atoms with van der Waals surface area (Å²) in [6.45, 7) is 5.09. The molecule has 1 aliphatic heterocycles. The number of aromatic nitrogens is 2. The molecule has 5 nitrogen and oxygen atoms in total. The zero-order valence-electron chi connectivity index (χ0n) is 9.56. The minimum absolute atomic E-state index is 0.119. The number of amides is 1. The molecule has 1 aromatic rings. The summed E-state index contributed by atoms with van der Waals surface area (Å²) in [7, 11) is 0. The van der Waals surface area contributed by atoms with Gasteiger partial charge in [-0.1, -0.05) is 6.92 Å². The van der Waals surface area contributed by atoms with Crippen LogP contribution in [0.15, 0.2) is 12.4 Å². The maximum absolute atomic E-state index is 11.9. The molecule has 0 aromatic carbocycles. The van der Waals surface area contributed by atoms with Gasteiger partial charge in [-0.25, -0.2) is 0 Å². The summed E-state index contributed by atoms with van der Waals surface area (Å²) in [6.07, 6.45) is 4.69. The molecule has 2 heterocycles. The van der Waals surface area contributed by atoms with Gasteiger partial charge < -0.3 is 9.64 Å². The second kappa shape index (κ2) is 5.12. The average Bonchev–Trinajstić information content (AvgIpc) is 2.78. The van der Waals surface area contributed by atoms with Crippen LogP contribution in [-0.2, 0) is 22.5 Å². The molecule has 1 fully saturated rings. The lowest BCUT2D eigenvalue weighted by atomic mass is 10.3. The van der Waals surface area contributed by atoms with Crippen molar-refractivity contribution in [1.29, 1.82) is 0 Å². The van der Waals surface area contributed by atoms with Crippen LogP contribution in [0.5, 0.6) is 0 Å². The van der Waals surface area contributed by atoms with Gasteiger partial charge in [0.1, 0.15) is 6.54 Å². The van der Waals surface area contributed by atoms with Crippen molar-refractivity contribution >= 4 is 5.91 Å². The zero-order valence-corrected chi connectivity index (χ0v) is 9.56. The topological polar surface area (TPSA) is 47.4 Å². The summed E-state index contributed by atoms with van der Waals surface area (Å²) >= 11 is 0. The van der Waals surface area contributed by atoms with Gasteiger partial charge in [0.25, 0.3) is 0 Å². The summed E-state index contributed by atoms with van der Waals surface area (Å²) in [5.41, 5.74) is 1.16. The number of carbonyl (C=O) groups excluding carboxylic acids is 1. The molecule has 0 unspecified atom stereocenters. The molecule has 88 valence electrons. The van der Waals surface area contributed by atoms with E-state index in [1.54, 1.807) is 4.68 Å². The zero-order chi connectivity index (χ0) is 11.4. The number of morpholine rings is 1. The lowest BCUT2D eigenvalue weighted by Crippen LogP contribution is -2.42. The smallest absolute Gasteiger partial charge is 0.244 e. The van der Waals surface area contributed by atoms with E-state index >= 15 is 0 Å². The van der Waals surface area contributed by atoms with Gasteiger partial charge in [-0.15, -0.1) is 0 Å². The Kier molecular flexibility index (Phi) is 3.56. The molecule has 5 heteroatoms. The Morgan fingerprint density at radius 1 is 1.50 bits per heavy atom. The Labute approximate surface area is 95.0 Å². The monoisotopic (exact) mass is 223 g/mol. The maximum Gasteiger partial charge on any atom is 0.244 e. The average molecular weight is 223 g/mol. The molecule has 0 saturated carbocycles. The molecule has 0 N–H and O–H groups in total. The lowest BCUT2D eigenvalue weighted by Gasteiger charge is -2.26. The van der Waals surface area contributed by atoms with Crippen LogP contribution >= 0.6 is 0 Å². The fourth-order valence-corrected chi connectivity index (χ4v) is 1.73. The van der Waals surface area contributed by atoms with Crippen LogP contribution in [-0.4, -0.2) is 46.9 Å². The van der Waals surface area contributed by atoms with Gasteiger partial charge in [-0.05, 0) is 12.0 Å². The number of rotatable bonds is 3. The number of hydrogen-bond donors (Lipinski definition) is 0. The fourth-order valence-electron chi connectivity index (χ4n) is 1.73. The minimum Gasteiger partial charge on any atom is -0.378 e. The first-order valence-electron chi connectivity index (χ1n) is 5.66. The third-order valence-corrected chi connectivity index (χ3v) is 2.76. The third kappa shape index (κ3) is 2.61. The first-order chi connectivity index (χ1) is 7.79. The molecule has 1 aliphatic rings. The van der Waals surface area contributed by atoms with Gasteiger partial charge >= 0.3 is 0 Å². The fraction of sp³-hybridized carbons (Fsp3) is 0.636. The molecule has 16 heavy (non-hydrogen) atoms. The summed E-state index contributed by atoms with van der Waals surface area (Å²) in [5.74, 6) is 0.119. The Balaban J connectivity index is 1.90. The number of carbonyl (C=O) groups is 1. The first-order valence-corrected chi connectivity index (χ1v) is 5.66. The highest BCUT2D eigenvalue weighted by Gasteiger charge is 2.17. The maximum atomic E-state index is 11.9.